The number of nitrogens with one attached hydrogen (secondary N) is 1. The van der Waals surface area contributed by atoms with Gasteiger partial charge in [0.05, 0.1) is 17.3 Å². The lowest BCUT2D eigenvalue weighted by Crippen LogP contribution is -2.45. The fraction of sp³-hybridized carbons (Fsp3) is 0.667. The van der Waals surface area contributed by atoms with Gasteiger partial charge in [0.15, 0.2) is 0 Å². The molecule has 1 unspecified atom stereocenters. The van der Waals surface area contributed by atoms with Crippen molar-refractivity contribution in [2.75, 3.05) is 18.8 Å². The van der Waals surface area contributed by atoms with Crippen LogP contribution in [0.5, 0.6) is 0 Å². The lowest BCUT2D eigenvalue weighted by molar-refractivity contribution is -0.125. The molecule has 1 N–H and O–H groups in total. The maximum atomic E-state index is 13.2. The zero-order chi connectivity index (χ0) is 25.0. The van der Waals surface area contributed by atoms with Crippen LogP contribution in [-0.4, -0.2) is 50.7 Å². The Morgan fingerprint density at radius 3 is 2.49 bits per heavy atom. The van der Waals surface area contributed by atoms with Gasteiger partial charge in [-0.1, -0.05) is 12.8 Å². The van der Waals surface area contributed by atoms with Crippen LogP contribution in [0.3, 0.4) is 0 Å². The third-order valence-electron chi connectivity index (χ3n) is 7.62. The molecular weight excluding hydrogens is 460 g/mol. The first-order valence-corrected chi connectivity index (χ1v) is 13.9. The molecule has 2 aliphatic carbocycles. The lowest BCUT2D eigenvalue weighted by Gasteiger charge is -2.27. The molecule has 1 saturated heterocycles. The van der Waals surface area contributed by atoms with E-state index >= 15 is 0 Å². The summed E-state index contributed by atoms with van der Waals surface area (Å²) in [6, 6.07) is 4.25. The van der Waals surface area contributed by atoms with Gasteiger partial charge in [0, 0.05) is 35.9 Å². The summed E-state index contributed by atoms with van der Waals surface area (Å²) in [7, 11) is 0. The van der Waals surface area contributed by atoms with Crippen molar-refractivity contribution in [2.45, 2.75) is 76.3 Å². The third-order valence-corrected chi connectivity index (χ3v) is 8.92. The van der Waals surface area contributed by atoms with Crippen LogP contribution in [0, 0.1) is 23.7 Å². The number of carbonyl (C=O) groups excluding carboxylic acids is 2. The quantitative estimate of drug-likeness (QED) is 0.562. The number of hydrogen-bond acceptors (Lipinski definition) is 5. The number of rotatable bonds is 6. The minimum absolute atomic E-state index is 0.0447. The van der Waals surface area contributed by atoms with Gasteiger partial charge in [0.2, 0.25) is 5.91 Å². The molecule has 3 aliphatic rings. The highest BCUT2D eigenvalue weighted by molar-refractivity contribution is 7.99. The number of likely N-dealkylation sites (tertiary alicyclic amines) is 1. The van der Waals surface area contributed by atoms with E-state index in [0.29, 0.717) is 13.1 Å². The van der Waals surface area contributed by atoms with E-state index in [9.17, 15) is 9.59 Å². The summed E-state index contributed by atoms with van der Waals surface area (Å²) in [6.07, 6.45) is 9.11. The molecule has 2 saturated carbocycles. The molecular formula is C27H38N4O3S. The Bertz CT molecular complexity index is 1100. The minimum Gasteiger partial charge on any atom is -0.444 e. The fourth-order valence-electron chi connectivity index (χ4n) is 5.80. The molecule has 3 heterocycles. The highest BCUT2D eigenvalue weighted by Gasteiger charge is 2.61. The van der Waals surface area contributed by atoms with Crippen molar-refractivity contribution in [3.63, 3.8) is 0 Å². The van der Waals surface area contributed by atoms with Crippen LogP contribution >= 0.6 is 11.8 Å². The summed E-state index contributed by atoms with van der Waals surface area (Å²) in [4.78, 5) is 33.3. The van der Waals surface area contributed by atoms with Crippen molar-refractivity contribution in [3.05, 3.63) is 30.4 Å². The second kappa shape index (κ2) is 9.02. The monoisotopic (exact) mass is 498 g/mol. The number of amides is 2. The molecule has 2 aromatic heterocycles. The summed E-state index contributed by atoms with van der Waals surface area (Å²) < 4.78 is 7.61. The zero-order valence-corrected chi connectivity index (χ0v) is 22.4. The van der Waals surface area contributed by atoms with Gasteiger partial charge in [-0.15, -0.1) is 11.8 Å². The molecule has 7 nitrogen and oxygen atoms in total. The Hall–Kier alpha value is -2.22. The van der Waals surface area contributed by atoms with E-state index in [0.717, 1.165) is 23.0 Å². The number of piperidine rings is 1. The molecule has 2 amide bonds. The molecule has 0 spiro atoms. The topological polar surface area (TPSA) is 75.9 Å². The summed E-state index contributed by atoms with van der Waals surface area (Å²) in [5.74, 6) is 3.26. The second-order valence-electron chi connectivity index (χ2n) is 12.0. The predicted molar refractivity (Wildman–Crippen MR) is 137 cm³/mol. The molecule has 5 rings (SSSR count). The Labute approximate surface area is 212 Å². The molecule has 8 heteroatoms. The van der Waals surface area contributed by atoms with Gasteiger partial charge in [-0.2, -0.15) is 0 Å². The van der Waals surface area contributed by atoms with Crippen LogP contribution in [0.25, 0.3) is 5.52 Å². The molecule has 2 aromatic rings. The second-order valence-corrected chi connectivity index (χ2v) is 13.1. The van der Waals surface area contributed by atoms with Gasteiger partial charge < -0.3 is 19.4 Å². The largest absolute Gasteiger partial charge is 0.444 e. The molecule has 0 radical (unpaired) electrons. The number of aromatic nitrogens is 2. The highest BCUT2D eigenvalue weighted by atomic mass is 32.2. The average Bonchev–Trinajstić information content (AvgIpc) is 3.26. The average molecular weight is 499 g/mol. The van der Waals surface area contributed by atoms with Crippen LogP contribution < -0.4 is 5.32 Å². The number of fused-ring (bicyclic) bond motifs is 2. The molecule has 0 bridgehead atoms. The van der Waals surface area contributed by atoms with Crippen LogP contribution in [0.4, 0.5) is 4.79 Å². The highest BCUT2D eigenvalue weighted by Crippen LogP contribution is 2.52. The number of nitrogens with zero attached hydrogens (tertiary/aromatic N) is 3. The number of imidazole rings is 1. The van der Waals surface area contributed by atoms with E-state index in [2.05, 4.69) is 21.9 Å². The van der Waals surface area contributed by atoms with E-state index in [1.165, 1.54) is 30.6 Å². The minimum atomic E-state index is -0.611. The zero-order valence-electron chi connectivity index (χ0n) is 21.5. The number of pyridine rings is 1. The number of ether oxygens (including phenoxy) is 1. The Balaban J connectivity index is 1.21. The molecule has 190 valence electrons. The van der Waals surface area contributed by atoms with Crippen LogP contribution in [0.1, 0.15) is 66.1 Å². The smallest absolute Gasteiger partial charge is 0.410 e. The predicted octanol–water partition coefficient (Wildman–Crippen LogP) is 5.08. The first-order chi connectivity index (χ1) is 16.5. The molecule has 1 aliphatic heterocycles. The Kier molecular flexibility index (Phi) is 6.31. The van der Waals surface area contributed by atoms with Gasteiger partial charge in [-0.25, -0.2) is 9.78 Å². The summed E-state index contributed by atoms with van der Waals surface area (Å²) in [5, 5.41) is 3.26. The van der Waals surface area contributed by atoms with Gasteiger partial charge in [-0.05, 0) is 77.3 Å². The lowest BCUT2D eigenvalue weighted by atomic mass is 10.0. The molecule has 3 fully saturated rings. The number of carbonyl (C=O) groups is 2. The summed E-state index contributed by atoms with van der Waals surface area (Å²) in [5.41, 5.74) is -0.0175. The normalized spacial score (nSPS) is 24.6. The Morgan fingerprint density at radius 1 is 1.14 bits per heavy atom. The van der Waals surface area contributed by atoms with Gasteiger partial charge in [0.25, 0.3) is 0 Å². The maximum Gasteiger partial charge on any atom is 0.410 e. The molecule has 35 heavy (non-hydrogen) atoms. The van der Waals surface area contributed by atoms with Gasteiger partial charge in [-0.3, -0.25) is 4.79 Å². The summed E-state index contributed by atoms with van der Waals surface area (Å²) in [6.45, 7) is 10.8. The Morgan fingerprint density at radius 2 is 1.83 bits per heavy atom. The van der Waals surface area contributed by atoms with Gasteiger partial charge >= 0.3 is 6.09 Å². The van der Waals surface area contributed by atoms with Crippen LogP contribution in [0.15, 0.2) is 29.4 Å². The van der Waals surface area contributed by atoms with Crippen molar-refractivity contribution in [2.24, 2.45) is 23.7 Å². The van der Waals surface area contributed by atoms with Crippen LogP contribution in [0.2, 0.25) is 0 Å². The number of hydrogen-bond donors (Lipinski definition) is 1. The number of thioether (sulfide) groups is 1. The molecule has 3 atom stereocenters. The van der Waals surface area contributed by atoms with Crippen molar-refractivity contribution < 1.29 is 14.3 Å². The van der Waals surface area contributed by atoms with E-state index in [1.54, 1.807) is 4.90 Å². The third kappa shape index (κ3) is 5.04. The van der Waals surface area contributed by atoms with Crippen LogP contribution in [-0.2, 0) is 15.1 Å². The SMILES string of the molecule is CC(C)(C)OC(=O)N1C[C@@H]2C(C(=O)NC(C)(C)c3ncc4c(SCC5CCCC5)cccn34)[C@@H]2C1. The molecule has 0 aromatic carbocycles. The van der Waals surface area contributed by atoms with E-state index in [-0.39, 0.29) is 29.8 Å². The van der Waals surface area contributed by atoms with E-state index in [4.69, 9.17) is 9.72 Å². The van der Waals surface area contributed by atoms with Crippen molar-refractivity contribution in [1.82, 2.24) is 19.6 Å². The van der Waals surface area contributed by atoms with Crippen molar-refractivity contribution >= 4 is 29.3 Å². The van der Waals surface area contributed by atoms with Gasteiger partial charge in [0.1, 0.15) is 11.4 Å². The van der Waals surface area contributed by atoms with E-state index < -0.39 is 11.1 Å². The first kappa shape index (κ1) is 24.5. The summed E-state index contributed by atoms with van der Waals surface area (Å²) >= 11 is 1.93. The standard InChI is InChI=1S/C27H38N4O3S/c1-26(2,3)34-25(33)30-14-18-19(15-30)22(18)23(32)29-27(4,5)24-28-13-20-21(11-8-12-31(20)24)35-16-17-9-6-7-10-17/h8,11-13,17-19,22H,6-7,9-10,14-16H2,1-5H3,(H,29,32)/t18-,19+,22?. The fourth-order valence-corrected chi connectivity index (χ4v) is 7.03. The van der Waals surface area contributed by atoms with Crippen molar-refractivity contribution in [1.29, 1.82) is 0 Å². The van der Waals surface area contributed by atoms with Crippen molar-refractivity contribution in [3.8, 4) is 0 Å². The first-order valence-electron chi connectivity index (χ1n) is 12.9. The maximum absolute atomic E-state index is 13.2. The van der Waals surface area contributed by atoms with E-state index in [1.807, 2.05) is 58.8 Å².